The first-order chi connectivity index (χ1) is 16.0. The van der Waals surface area contributed by atoms with Crippen molar-refractivity contribution in [2.75, 3.05) is 36.4 Å². The zero-order chi connectivity index (χ0) is 22.8. The van der Waals surface area contributed by atoms with Crippen LogP contribution < -0.4 is 10.2 Å². The standard InChI is InChI=1S/C24H24N6O2S/c1-18-10-11-25-23(16-18)26-22-8-9-24(28-27-22)29-12-14-30(15-13-29)33(31,32)21-7-6-19-4-2-3-5-20(19)17-21/h2-11,16-17H,12-15H2,1H3,(H,25,26,27). The summed E-state index contributed by atoms with van der Waals surface area (Å²) >= 11 is 0. The highest BCUT2D eigenvalue weighted by Crippen LogP contribution is 2.24. The largest absolute Gasteiger partial charge is 0.352 e. The summed E-state index contributed by atoms with van der Waals surface area (Å²) in [6, 6.07) is 20.7. The molecule has 0 unspecified atom stereocenters. The quantitative estimate of drug-likeness (QED) is 0.487. The fourth-order valence-electron chi connectivity index (χ4n) is 3.93. The lowest BCUT2D eigenvalue weighted by Crippen LogP contribution is -2.49. The van der Waals surface area contributed by atoms with Crippen molar-refractivity contribution >= 4 is 38.2 Å². The van der Waals surface area contributed by atoms with E-state index < -0.39 is 10.0 Å². The van der Waals surface area contributed by atoms with Gasteiger partial charge >= 0.3 is 0 Å². The summed E-state index contributed by atoms with van der Waals surface area (Å²) in [4.78, 5) is 6.65. The van der Waals surface area contributed by atoms with E-state index in [-0.39, 0.29) is 0 Å². The minimum absolute atomic E-state index is 0.328. The molecule has 0 bridgehead atoms. The van der Waals surface area contributed by atoms with Gasteiger partial charge in [-0.1, -0.05) is 30.3 Å². The van der Waals surface area contributed by atoms with Crippen molar-refractivity contribution in [3.63, 3.8) is 0 Å². The third-order valence-electron chi connectivity index (χ3n) is 5.74. The van der Waals surface area contributed by atoms with E-state index in [9.17, 15) is 8.42 Å². The fraction of sp³-hybridized carbons (Fsp3) is 0.208. The van der Waals surface area contributed by atoms with Crippen molar-refractivity contribution in [1.82, 2.24) is 19.5 Å². The van der Waals surface area contributed by atoms with Gasteiger partial charge in [0.2, 0.25) is 10.0 Å². The van der Waals surface area contributed by atoms with E-state index in [1.807, 2.05) is 66.4 Å². The predicted octanol–water partition coefficient (Wildman–Crippen LogP) is 3.59. The molecule has 0 saturated carbocycles. The van der Waals surface area contributed by atoms with Crippen LogP contribution in [0.5, 0.6) is 0 Å². The normalized spacial score (nSPS) is 15.0. The summed E-state index contributed by atoms with van der Waals surface area (Å²) in [6.07, 6.45) is 1.74. The Balaban J connectivity index is 1.24. The van der Waals surface area contributed by atoms with Crippen molar-refractivity contribution in [1.29, 1.82) is 0 Å². The Hall–Kier alpha value is -3.56. The van der Waals surface area contributed by atoms with Crippen LogP contribution in [0.4, 0.5) is 17.5 Å². The number of fused-ring (bicyclic) bond motifs is 1. The van der Waals surface area contributed by atoms with Gasteiger partial charge in [0.1, 0.15) is 5.82 Å². The van der Waals surface area contributed by atoms with Gasteiger partial charge in [-0.3, -0.25) is 0 Å². The molecule has 1 aliphatic rings. The molecule has 9 heteroatoms. The van der Waals surface area contributed by atoms with Crippen LogP contribution in [0.25, 0.3) is 10.8 Å². The van der Waals surface area contributed by atoms with E-state index in [0.717, 1.165) is 22.2 Å². The number of rotatable bonds is 5. The minimum atomic E-state index is -3.55. The Labute approximate surface area is 193 Å². The van der Waals surface area contributed by atoms with Crippen molar-refractivity contribution in [3.8, 4) is 0 Å². The molecule has 33 heavy (non-hydrogen) atoms. The smallest absolute Gasteiger partial charge is 0.243 e. The van der Waals surface area contributed by atoms with Gasteiger partial charge in [0, 0.05) is 32.4 Å². The number of pyridine rings is 1. The lowest BCUT2D eigenvalue weighted by molar-refractivity contribution is 0.383. The third-order valence-corrected chi connectivity index (χ3v) is 7.64. The highest BCUT2D eigenvalue weighted by Gasteiger charge is 2.29. The summed E-state index contributed by atoms with van der Waals surface area (Å²) < 4.78 is 27.9. The number of hydrogen-bond donors (Lipinski definition) is 1. The molecule has 2 aromatic carbocycles. The Kier molecular flexibility index (Phi) is 5.65. The molecule has 0 radical (unpaired) electrons. The van der Waals surface area contributed by atoms with Crippen LogP contribution in [-0.4, -0.2) is 54.1 Å². The fourth-order valence-corrected chi connectivity index (χ4v) is 5.39. The Morgan fingerprint density at radius 3 is 2.33 bits per heavy atom. The molecule has 4 aromatic rings. The van der Waals surface area contributed by atoms with Crippen molar-refractivity contribution < 1.29 is 8.42 Å². The highest BCUT2D eigenvalue weighted by atomic mass is 32.2. The Bertz CT molecular complexity index is 1380. The van der Waals surface area contributed by atoms with Crippen LogP contribution in [-0.2, 0) is 10.0 Å². The average Bonchev–Trinajstić information content (AvgIpc) is 2.84. The van der Waals surface area contributed by atoms with E-state index in [1.54, 1.807) is 22.6 Å². The SMILES string of the molecule is Cc1ccnc(Nc2ccc(N3CCN(S(=O)(=O)c4ccc5ccccc5c4)CC3)nn2)c1. The second kappa shape index (κ2) is 8.76. The molecule has 0 atom stereocenters. The van der Waals surface area contributed by atoms with Crippen LogP contribution in [0.15, 0.2) is 77.8 Å². The summed E-state index contributed by atoms with van der Waals surface area (Å²) in [5.41, 5.74) is 1.11. The maximum atomic E-state index is 13.2. The van der Waals surface area contributed by atoms with Crippen LogP contribution in [0.2, 0.25) is 0 Å². The van der Waals surface area contributed by atoms with Gasteiger partial charge in [0.25, 0.3) is 0 Å². The second-order valence-corrected chi connectivity index (χ2v) is 9.96. The van der Waals surface area contributed by atoms with Gasteiger partial charge in [-0.25, -0.2) is 13.4 Å². The number of anilines is 3. The van der Waals surface area contributed by atoms with Crippen LogP contribution in [0.3, 0.4) is 0 Å². The molecule has 1 saturated heterocycles. The number of hydrogen-bond acceptors (Lipinski definition) is 7. The summed E-state index contributed by atoms with van der Waals surface area (Å²) in [6.45, 7) is 3.89. The molecule has 1 N–H and O–H groups in total. The second-order valence-electron chi connectivity index (χ2n) is 8.02. The van der Waals surface area contributed by atoms with Gasteiger partial charge in [-0.15, -0.1) is 10.2 Å². The first kappa shape index (κ1) is 21.3. The lowest BCUT2D eigenvalue weighted by Gasteiger charge is -2.34. The molecule has 0 spiro atoms. The van der Waals surface area contributed by atoms with Gasteiger partial charge in [-0.05, 0) is 59.7 Å². The summed E-state index contributed by atoms with van der Waals surface area (Å²) in [5.74, 6) is 2.04. The molecule has 168 valence electrons. The number of benzene rings is 2. The first-order valence-corrected chi connectivity index (χ1v) is 12.2. The van der Waals surface area contributed by atoms with E-state index in [1.165, 1.54) is 0 Å². The number of nitrogens with one attached hydrogen (secondary N) is 1. The number of piperazine rings is 1. The highest BCUT2D eigenvalue weighted by molar-refractivity contribution is 7.89. The molecule has 8 nitrogen and oxygen atoms in total. The van der Waals surface area contributed by atoms with Crippen molar-refractivity contribution in [2.45, 2.75) is 11.8 Å². The first-order valence-electron chi connectivity index (χ1n) is 10.8. The lowest BCUT2D eigenvalue weighted by atomic mass is 10.1. The van der Waals surface area contributed by atoms with E-state index >= 15 is 0 Å². The molecule has 2 aromatic heterocycles. The van der Waals surface area contributed by atoms with Crippen molar-refractivity contribution in [2.24, 2.45) is 0 Å². The maximum Gasteiger partial charge on any atom is 0.243 e. The summed E-state index contributed by atoms with van der Waals surface area (Å²) in [7, 11) is -3.55. The average molecular weight is 461 g/mol. The Morgan fingerprint density at radius 2 is 1.61 bits per heavy atom. The topological polar surface area (TPSA) is 91.3 Å². The molecule has 1 aliphatic heterocycles. The van der Waals surface area contributed by atoms with Crippen LogP contribution in [0, 0.1) is 6.92 Å². The monoisotopic (exact) mass is 460 g/mol. The van der Waals surface area contributed by atoms with E-state index in [2.05, 4.69) is 20.5 Å². The van der Waals surface area contributed by atoms with Gasteiger partial charge in [0.05, 0.1) is 4.90 Å². The zero-order valence-electron chi connectivity index (χ0n) is 18.2. The number of sulfonamides is 1. The number of aryl methyl sites for hydroxylation is 1. The molecule has 0 amide bonds. The van der Waals surface area contributed by atoms with Gasteiger partial charge < -0.3 is 10.2 Å². The molecular weight excluding hydrogens is 436 g/mol. The van der Waals surface area contributed by atoms with E-state index in [0.29, 0.717) is 42.7 Å². The zero-order valence-corrected chi connectivity index (χ0v) is 19.0. The molecule has 3 heterocycles. The number of aromatic nitrogens is 3. The van der Waals surface area contributed by atoms with Crippen LogP contribution in [0.1, 0.15) is 5.56 Å². The van der Waals surface area contributed by atoms with Crippen molar-refractivity contribution in [3.05, 3.63) is 78.5 Å². The molecule has 0 aliphatic carbocycles. The third kappa shape index (κ3) is 4.50. The van der Waals surface area contributed by atoms with E-state index in [4.69, 9.17) is 0 Å². The molecule has 5 rings (SSSR count). The molecule has 1 fully saturated rings. The van der Waals surface area contributed by atoms with Gasteiger partial charge in [0.15, 0.2) is 11.6 Å². The maximum absolute atomic E-state index is 13.2. The minimum Gasteiger partial charge on any atom is -0.352 e. The predicted molar refractivity (Wildman–Crippen MR) is 129 cm³/mol. The molecular formula is C24H24N6O2S. The van der Waals surface area contributed by atoms with Gasteiger partial charge in [-0.2, -0.15) is 4.31 Å². The Morgan fingerprint density at radius 1 is 0.818 bits per heavy atom. The number of nitrogens with zero attached hydrogens (tertiary/aromatic N) is 5. The van der Waals surface area contributed by atoms with Crippen LogP contribution >= 0.6 is 0 Å². The summed E-state index contributed by atoms with van der Waals surface area (Å²) in [5, 5.41) is 13.7.